The molecule has 1 aromatic heterocycles. The highest BCUT2D eigenvalue weighted by Crippen LogP contribution is 2.33. The summed E-state index contributed by atoms with van der Waals surface area (Å²) in [6, 6.07) is 4.65. The number of hydrogen-bond donors (Lipinski definition) is 1. The van der Waals surface area contributed by atoms with E-state index >= 15 is 0 Å². The number of hydrogen-bond acceptors (Lipinski definition) is 4. The molecular weight excluding hydrogens is 278 g/mol. The highest BCUT2D eigenvalue weighted by atomic mass is 16.6. The number of pyridine rings is 1. The first kappa shape index (κ1) is 15.3. The lowest BCUT2D eigenvalue weighted by molar-refractivity contribution is 0.0576. The maximum atomic E-state index is 12.4. The first-order valence-electron chi connectivity index (χ1n) is 8.15. The van der Waals surface area contributed by atoms with Crippen molar-refractivity contribution in [2.24, 2.45) is 0 Å². The van der Waals surface area contributed by atoms with Crippen LogP contribution in [0.1, 0.15) is 58.1 Å². The fourth-order valence-electron chi connectivity index (χ4n) is 2.79. The Morgan fingerprint density at radius 2 is 2.09 bits per heavy atom. The summed E-state index contributed by atoms with van der Waals surface area (Å²) in [5, 5.41) is 3.47. The summed E-state index contributed by atoms with van der Waals surface area (Å²) in [6.07, 6.45) is 5.99. The van der Waals surface area contributed by atoms with E-state index in [2.05, 4.69) is 16.4 Å². The topological polar surface area (TPSA) is 54.5 Å². The molecule has 0 aromatic carbocycles. The first-order chi connectivity index (χ1) is 10.4. The zero-order valence-corrected chi connectivity index (χ0v) is 13.6. The van der Waals surface area contributed by atoms with Crippen molar-refractivity contribution in [3.05, 3.63) is 23.9 Å². The van der Waals surface area contributed by atoms with E-state index in [0.29, 0.717) is 11.9 Å². The molecule has 0 radical (unpaired) electrons. The zero-order chi connectivity index (χ0) is 15.7. The van der Waals surface area contributed by atoms with E-state index in [-0.39, 0.29) is 12.1 Å². The van der Waals surface area contributed by atoms with Crippen LogP contribution in [0.4, 0.5) is 10.6 Å². The summed E-state index contributed by atoms with van der Waals surface area (Å²) in [5.74, 6) is 0.693. The Kier molecular flexibility index (Phi) is 4.08. The monoisotopic (exact) mass is 303 g/mol. The summed E-state index contributed by atoms with van der Waals surface area (Å²) in [6.45, 7) is 6.73. The zero-order valence-electron chi connectivity index (χ0n) is 13.6. The molecule has 1 aliphatic heterocycles. The van der Waals surface area contributed by atoms with Crippen LogP contribution in [0, 0.1) is 0 Å². The van der Waals surface area contributed by atoms with Crippen molar-refractivity contribution in [2.45, 2.75) is 64.1 Å². The second-order valence-electron chi connectivity index (χ2n) is 7.18. The van der Waals surface area contributed by atoms with E-state index < -0.39 is 5.60 Å². The quantitative estimate of drug-likeness (QED) is 0.929. The molecule has 5 heteroatoms. The Hall–Kier alpha value is -1.62. The molecule has 0 unspecified atom stereocenters. The van der Waals surface area contributed by atoms with E-state index in [4.69, 9.17) is 4.74 Å². The molecule has 1 N–H and O–H groups in total. The van der Waals surface area contributed by atoms with Gasteiger partial charge in [0.2, 0.25) is 0 Å². The number of aromatic nitrogens is 1. The first-order valence-corrected chi connectivity index (χ1v) is 8.15. The van der Waals surface area contributed by atoms with E-state index in [1.165, 1.54) is 12.0 Å². The number of ether oxygens (including phenoxy) is 1. The van der Waals surface area contributed by atoms with Gasteiger partial charge in [-0.3, -0.25) is 4.90 Å². The number of nitrogens with zero attached hydrogens (tertiary/aromatic N) is 2. The number of anilines is 1. The number of carbonyl (C=O) groups is 1. The van der Waals surface area contributed by atoms with Gasteiger partial charge in [0.1, 0.15) is 11.4 Å². The summed E-state index contributed by atoms with van der Waals surface area (Å²) in [5.41, 5.74) is 0.707. The molecule has 2 aliphatic rings. The van der Waals surface area contributed by atoms with Crippen LogP contribution in [0.2, 0.25) is 0 Å². The standard InChI is InChI=1S/C17H25N3O2/c1-17(2,3)22-16(21)20(13-7-8-13)15-9-6-12(11-19-15)14-5-4-10-18-14/h6,9,11,13-14,18H,4-5,7-8,10H2,1-3H3/t14-/m0/s1. The van der Waals surface area contributed by atoms with Crippen LogP contribution < -0.4 is 10.2 Å². The SMILES string of the molecule is CC(C)(C)OC(=O)N(c1ccc([C@@H]2CCCN2)cn1)C1CC1. The highest BCUT2D eigenvalue weighted by Gasteiger charge is 2.37. The lowest BCUT2D eigenvalue weighted by Crippen LogP contribution is -2.38. The van der Waals surface area contributed by atoms with Gasteiger partial charge in [0, 0.05) is 18.3 Å². The summed E-state index contributed by atoms with van der Waals surface area (Å²) >= 11 is 0. The third kappa shape index (κ3) is 3.58. The lowest BCUT2D eigenvalue weighted by Gasteiger charge is -2.27. The van der Waals surface area contributed by atoms with Crippen molar-refractivity contribution >= 4 is 11.9 Å². The summed E-state index contributed by atoms with van der Waals surface area (Å²) < 4.78 is 5.52. The van der Waals surface area contributed by atoms with Crippen LogP contribution in [0.3, 0.4) is 0 Å². The predicted octanol–water partition coefficient (Wildman–Crippen LogP) is 3.41. The van der Waals surface area contributed by atoms with Gasteiger partial charge in [-0.25, -0.2) is 9.78 Å². The molecule has 22 heavy (non-hydrogen) atoms. The molecule has 1 atom stereocenters. The number of nitrogens with one attached hydrogen (secondary N) is 1. The summed E-state index contributed by atoms with van der Waals surface area (Å²) in [4.78, 5) is 18.7. The van der Waals surface area contributed by atoms with Crippen molar-refractivity contribution in [1.82, 2.24) is 10.3 Å². The minimum Gasteiger partial charge on any atom is -0.443 e. The van der Waals surface area contributed by atoms with Crippen LogP contribution in [-0.2, 0) is 4.74 Å². The highest BCUT2D eigenvalue weighted by molar-refractivity contribution is 5.88. The number of rotatable bonds is 3. The molecule has 3 rings (SSSR count). The molecule has 1 aliphatic carbocycles. The maximum absolute atomic E-state index is 12.4. The average molecular weight is 303 g/mol. The van der Waals surface area contributed by atoms with Crippen molar-refractivity contribution in [3.63, 3.8) is 0 Å². The van der Waals surface area contributed by atoms with E-state index in [1.807, 2.05) is 33.0 Å². The molecule has 0 spiro atoms. The smallest absolute Gasteiger partial charge is 0.416 e. The average Bonchev–Trinajstić information content (AvgIpc) is 3.11. The Morgan fingerprint density at radius 1 is 1.32 bits per heavy atom. The van der Waals surface area contributed by atoms with Gasteiger partial charge in [-0.05, 0) is 64.6 Å². The van der Waals surface area contributed by atoms with Crippen LogP contribution in [0.15, 0.2) is 18.3 Å². The third-order valence-electron chi connectivity index (χ3n) is 3.98. The van der Waals surface area contributed by atoms with Gasteiger partial charge in [0.05, 0.1) is 0 Å². The molecule has 2 fully saturated rings. The van der Waals surface area contributed by atoms with Gasteiger partial charge < -0.3 is 10.1 Å². The van der Waals surface area contributed by atoms with Gasteiger partial charge in [-0.1, -0.05) is 6.07 Å². The molecular formula is C17H25N3O2. The Balaban J connectivity index is 1.75. The van der Waals surface area contributed by atoms with E-state index in [0.717, 1.165) is 25.8 Å². The van der Waals surface area contributed by atoms with Gasteiger partial charge in [0.15, 0.2) is 0 Å². The molecule has 0 bridgehead atoms. The van der Waals surface area contributed by atoms with E-state index in [9.17, 15) is 4.79 Å². The van der Waals surface area contributed by atoms with Gasteiger partial charge in [-0.15, -0.1) is 0 Å². The normalized spacial score (nSPS) is 21.7. The van der Waals surface area contributed by atoms with Crippen molar-refractivity contribution < 1.29 is 9.53 Å². The molecule has 120 valence electrons. The van der Waals surface area contributed by atoms with Crippen LogP contribution in [0.25, 0.3) is 0 Å². The van der Waals surface area contributed by atoms with Crippen molar-refractivity contribution in [1.29, 1.82) is 0 Å². The summed E-state index contributed by atoms with van der Waals surface area (Å²) in [7, 11) is 0. The lowest BCUT2D eigenvalue weighted by atomic mass is 10.1. The molecule has 1 saturated heterocycles. The minimum atomic E-state index is -0.488. The molecule has 1 aromatic rings. The van der Waals surface area contributed by atoms with Crippen molar-refractivity contribution in [2.75, 3.05) is 11.4 Å². The van der Waals surface area contributed by atoms with Crippen LogP contribution in [0.5, 0.6) is 0 Å². The second-order valence-corrected chi connectivity index (χ2v) is 7.18. The fourth-order valence-corrected chi connectivity index (χ4v) is 2.79. The Morgan fingerprint density at radius 3 is 2.59 bits per heavy atom. The second kappa shape index (κ2) is 5.88. The van der Waals surface area contributed by atoms with Crippen LogP contribution in [-0.4, -0.2) is 29.3 Å². The van der Waals surface area contributed by atoms with E-state index in [1.54, 1.807) is 4.90 Å². The third-order valence-corrected chi connectivity index (χ3v) is 3.98. The molecule has 5 nitrogen and oxygen atoms in total. The Bertz CT molecular complexity index is 526. The fraction of sp³-hybridized carbons (Fsp3) is 0.647. The molecule has 2 heterocycles. The Labute approximate surface area is 132 Å². The number of carbonyl (C=O) groups excluding carboxylic acids is 1. The minimum absolute atomic E-state index is 0.234. The largest absolute Gasteiger partial charge is 0.443 e. The predicted molar refractivity (Wildman–Crippen MR) is 85.9 cm³/mol. The van der Waals surface area contributed by atoms with Crippen LogP contribution >= 0.6 is 0 Å². The number of amides is 1. The molecule has 1 amide bonds. The maximum Gasteiger partial charge on any atom is 0.416 e. The molecule has 1 saturated carbocycles. The van der Waals surface area contributed by atoms with Gasteiger partial charge in [0.25, 0.3) is 0 Å². The van der Waals surface area contributed by atoms with Gasteiger partial charge >= 0.3 is 6.09 Å². The van der Waals surface area contributed by atoms with Gasteiger partial charge in [-0.2, -0.15) is 0 Å². The van der Waals surface area contributed by atoms with Crippen molar-refractivity contribution in [3.8, 4) is 0 Å².